The van der Waals surface area contributed by atoms with Crippen LogP contribution in [-0.2, 0) is 0 Å². The molecule has 0 spiro atoms. The Kier molecular flexibility index (Phi) is 8.55. The molecule has 2 heterocycles. The van der Waals surface area contributed by atoms with Crippen LogP contribution >= 0.6 is 15.8 Å². The highest BCUT2D eigenvalue weighted by atomic mass is 31.1. The Morgan fingerprint density at radius 1 is 0.649 bits per heavy atom. The van der Waals surface area contributed by atoms with Crippen molar-refractivity contribution in [2.24, 2.45) is 5.92 Å². The number of benzene rings is 1. The molecule has 37 heavy (non-hydrogen) atoms. The van der Waals surface area contributed by atoms with E-state index < -0.39 is 7.92 Å². The van der Waals surface area contributed by atoms with Gasteiger partial charge in [-0.1, -0.05) is 84.1 Å². The molecule has 0 N–H and O–H groups in total. The Morgan fingerprint density at radius 3 is 1.81 bits per heavy atom. The summed E-state index contributed by atoms with van der Waals surface area (Å²) < 4.78 is 12.1. The number of hydrogen-bond donors (Lipinski definition) is 0. The highest BCUT2D eigenvalue weighted by Gasteiger charge is 2.42. The molecule has 2 unspecified atom stereocenters. The third-order valence-electron chi connectivity index (χ3n) is 9.68. The molecule has 0 saturated heterocycles. The van der Waals surface area contributed by atoms with Gasteiger partial charge < -0.3 is 8.83 Å². The molecule has 2 aromatic heterocycles. The van der Waals surface area contributed by atoms with Gasteiger partial charge in [0.05, 0.1) is 20.4 Å². The summed E-state index contributed by atoms with van der Waals surface area (Å²) in [6, 6.07) is 17.7. The quantitative estimate of drug-likeness (QED) is 0.270. The van der Waals surface area contributed by atoms with Crippen molar-refractivity contribution in [1.82, 2.24) is 0 Å². The molecule has 3 saturated carbocycles. The van der Waals surface area contributed by atoms with Gasteiger partial charge in [-0.05, 0) is 102 Å². The predicted octanol–water partition coefficient (Wildman–Crippen LogP) is 9.05. The zero-order chi connectivity index (χ0) is 25.0. The van der Waals surface area contributed by atoms with Crippen molar-refractivity contribution in [3.8, 4) is 0 Å². The second-order valence-electron chi connectivity index (χ2n) is 11.8. The van der Waals surface area contributed by atoms with E-state index >= 15 is 0 Å². The van der Waals surface area contributed by atoms with Crippen LogP contribution in [0.4, 0.5) is 0 Å². The molecular weight excluding hydrogens is 490 g/mol. The van der Waals surface area contributed by atoms with Gasteiger partial charge in [0.1, 0.15) is 11.0 Å². The third-order valence-corrected chi connectivity index (χ3v) is 16.0. The first kappa shape index (κ1) is 25.9. The topological polar surface area (TPSA) is 26.3 Å². The largest absolute Gasteiger partial charge is 0.464 e. The fraction of sp³-hybridized carbons (Fsp3) is 0.576. The molecule has 0 bridgehead atoms. The van der Waals surface area contributed by atoms with Crippen molar-refractivity contribution in [2.45, 2.75) is 113 Å². The van der Waals surface area contributed by atoms with Crippen LogP contribution in [0.5, 0.6) is 0 Å². The summed E-state index contributed by atoms with van der Waals surface area (Å²) in [6.45, 7) is 2.71. The molecule has 3 aliphatic carbocycles. The summed E-state index contributed by atoms with van der Waals surface area (Å²) in [5.41, 5.74) is 6.61. The Bertz CT molecular complexity index is 1030. The van der Waals surface area contributed by atoms with E-state index in [1.165, 1.54) is 88.8 Å². The summed E-state index contributed by atoms with van der Waals surface area (Å²) in [4.78, 5) is 0. The number of furan rings is 2. The van der Waals surface area contributed by atoms with Gasteiger partial charge in [-0.3, -0.25) is 0 Å². The Labute approximate surface area is 226 Å². The molecule has 0 radical (unpaired) electrons. The summed E-state index contributed by atoms with van der Waals surface area (Å²) in [5.74, 6) is 1.49. The third kappa shape index (κ3) is 5.54. The molecule has 3 aliphatic rings. The van der Waals surface area contributed by atoms with Gasteiger partial charge in [0.2, 0.25) is 0 Å². The Morgan fingerprint density at radius 2 is 1.24 bits per heavy atom. The van der Waals surface area contributed by atoms with E-state index in [9.17, 15) is 0 Å². The van der Waals surface area contributed by atoms with E-state index in [2.05, 4.69) is 43.3 Å². The monoisotopic (exact) mass is 534 g/mol. The second kappa shape index (κ2) is 12.2. The molecule has 198 valence electrons. The van der Waals surface area contributed by atoms with E-state index in [0.717, 1.165) is 33.9 Å². The van der Waals surface area contributed by atoms with Crippen LogP contribution in [0, 0.1) is 5.92 Å². The lowest BCUT2D eigenvalue weighted by molar-refractivity contribution is 0.446. The minimum Gasteiger partial charge on any atom is -0.464 e. The highest BCUT2D eigenvalue weighted by molar-refractivity contribution is 7.79. The van der Waals surface area contributed by atoms with Crippen LogP contribution in [0.25, 0.3) is 0 Å². The van der Waals surface area contributed by atoms with E-state index in [1.54, 1.807) is 5.56 Å². The summed E-state index contributed by atoms with van der Waals surface area (Å²) >= 11 is 0. The molecule has 3 aromatic rings. The zero-order valence-electron chi connectivity index (χ0n) is 22.6. The standard InChI is InChI=1S/C33H44O2P2/c1-25(36(26-13-4-2-5-14-26)27-15-6-3-7-16-27)28-18-10-19-29(28)30-17-8-9-20-31(30)37(32-21-11-23-34-32)33-22-12-24-35-33/h8-9,11-12,17,20-29H,2-7,10,13-16,18-19H2,1H3/t25-,28?,29?/m1/s1. The number of rotatable bonds is 8. The molecule has 0 amide bonds. The van der Waals surface area contributed by atoms with Crippen LogP contribution in [0.15, 0.2) is 69.9 Å². The van der Waals surface area contributed by atoms with Crippen molar-refractivity contribution in [1.29, 1.82) is 0 Å². The van der Waals surface area contributed by atoms with Gasteiger partial charge in [-0.2, -0.15) is 0 Å². The maximum Gasteiger partial charge on any atom is 0.137 e. The Hall–Kier alpha value is -1.36. The van der Waals surface area contributed by atoms with Gasteiger partial charge >= 0.3 is 0 Å². The van der Waals surface area contributed by atoms with Crippen LogP contribution in [0.2, 0.25) is 0 Å². The van der Waals surface area contributed by atoms with Crippen molar-refractivity contribution in [3.63, 3.8) is 0 Å². The average Bonchev–Trinajstić information content (AvgIpc) is 3.75. The van der Waals surface area contributed by atoms with Crippen LogP contribution < -0.4 is 16.3 Å². The van der Waals surface area contributed by atoms with E-state index in [4.69, 9.17) is 8.83 Å². The van der Waals surface area contributed by atoms with Crippen LogP contribution in [0.3, 0.4) is 0 Å². The Balaban J connectivity index is 1.34. The fourth-order valence-corrected chi connectivity index (χ4v) is 14.9. The molecule has 3 atom stereocenters. The van der Waals surface area contributed by atoms with Gasteiger partial charge in [-0.25, -0.2) is 0 Å². The molecular formula is C33H44O2P2. The lowest BCUT2D eigenvalue weighted by Gasteiger charge is -2.45. The highest BCUT2D eigenvalue weighted by Crippen LogP contribution is 2.63. The van der Waals surface area contributed by atoms with Gasteiger partial charge in [0.25, 0.3) is 0 Å². The maximum atomic E-state index is 6.03. The van der Waals surface area contributed by atoms with Crippen molar-refractivity contribution < 1.29 is 8.83 Å². The molecule has 1 aromatic carbocycles. The normalized spacial score (nSPS) is 24.7. The van der Waals surface area contributed by atoms with Gasteiger partial charge in [0, 0.05) is 0 Å². The summed E-state index contributed by atoms with van der Waals surface area (Å²) in [6.07, 6.45) is 22.7. The maximum absolute atomic E-state index is 6.03. The zero-order valence-corrected chi connectivity index (χ0v) is 24.4. The van der Waals surface area contributed by atoms with E-state index in [-0.39, 0.29) is 7.92 Å². The van der Waals surface area contributed by atoms with E-state index in [1.807, 2.05) is 24.7 Å². The first-order valence-electron chi connectivity index (χ1n) is 15.0. The predicted molar refractivity (Wildman–Crippen MR) is 160 cm³/mol. The summed E-state index contributed by atoms with van der Waals surface area (Å²) in [5, 5.41) is 1.45. The van der Waals surface area contributed by atoms with E-state index in [0.29, 0.717) is 5.92 Å². The number of hydrogen-bond acceptors (Lipinski definition) is 2. The average molecular weight is 535 g/mol. The first-order chi connectivity index (χ1) is 18.3. The summed E-state index contributed by atoms with van der Waals surface area (Å²) in [7, 11) is -0.730. The molecule has 4 heteroatoms. The molecule has 0 aliphatic heterocycles. The van der Waals surface area contributed by atoms with Gasteiger partial charge in [0.15, 0.2) is 0 Å². The minimum atomic E-state index is -0.815. The smallest absolute Gasteiger partial charge is 0.137 e. The second-order valence-corrected chi connectivity index (χ2v) is 17.0. The van der Waals surface area contributed by atoms with Crippen LogP contribution in [0.1, 0.15) is 102 Å². The van der Waals surface area contributed by atoms with Crippen LogP contribution in [-0.4, -0.2) is 17.0 Å². The lowest BCUT2D eigenvalue weighted by atomic mass is 9.87. The molecule has 2 nitrogen and oxygen atoms in total. The minimum absolute atomic E-state index is 0.0847. The SMILES string of the molecule is C[C@H](C1CCCC1c1ccccc1P(c1ccco1)c1ccco1)P(C1CCCCC1)C1CCCCC1. The fourth-order valence-electron chi connectivity index (χ4n) is 8.04. The van der Waals surface area contributed by atoms with Crippen molar-refractivity contribution >= 4 is 32.2 Å². The molecule has 6 rings (SSSR count). The van der Waals surface area contributed by atoms with Crippen molar-refractivity contribution in [2.75, 3.05) is 0 Å². The van der Waals surface area contributed by atoms with Crippen molar-refractivity contribution in [3.05, 3.63) is 66.6 Å². The first-order valence-corrected chi connectivity index (χ1v) is 17.9. The van der Waals surface area contributed by atoms with Gasteiger partial charge in [-0.15, -0.1) is 0 Å². The lowest BCUT2D eigenvalue weighted by Crippen LogP contribution is -2.32. The molecule has 3 fully saturated rings.